The number of fused-ring (bicyclic) bond motifs is 2. The van der Waals surface area contributed by atoms with Gasteiger partial charge in [-0.3, -0.25) is 0 Å². The average molecular weight is 526 g/mol. The van der Waals surface area contributed by atoms with E-state index in [0.717, 1.165) is 31.3 Å². The van der Waals surface area contributed by atoms with Crippen molar-refractivity contribution in [2.45, 2.75) is 31.8 Å². The van der Waals surface area contributed by atoms with Crippen molar-refractivity contribution in [1.29, 1.82) is 0 Å². The molecule has 1 N–H and O–H groups in total. The van der Waals surface area contributed by atoms with Crippen LogP contribution in [0.25, 0.3) is 32.7 Å². The Bertz CT molecular complexity index is 1420. The van der Waals surface area contributed by atoms with Crippen molar-refractivity contribution in [2.75, 3.05) is 26.2 Å². The summed E-state index contributed by atoms with van der Waals surface area (Å²) >= 11 is 1.92. The third-order valence-electron chi connectivity index (χ3n) is 6.59. The molecule has 0 saturated carbocycles. The Labute approximate surface area is 219 Å². The largest absolute Gasteiger partial charge is 0.490 e. The number of piperidine rings is 1. The quantitative estimate of drug-likeness (QED) is 0.277. The number of β-amino-alcohol motifs (C(OH)–C–C–N with tert-alkyl or cyclic N) is 1. The highest BCUT2D eigenvalue weighted by Crippen LogP contribution is 2.36. The first-order chi connectivity index (χ1) is 17.1. The van der Waals surface area contributed by atoms with Crippen LogP contribution in [0.4, 0.5) is 0 Å². The summed E-state index contributed by atoms with van der Waals surface area (Å²) in [5.74, 6) is 2.58. The van der Waals surface area contributed by atoms with Crippen LogP contribution >= 0.6 is 23.7 Å². The molecule has 0 bridgehead atoms. The molecular formula is C27H28ClN3O4S. The molecule has 6 rings (SSSR count). The first kappa shape index (κ1) is 24.8. The Kier molecular flexibility index (Phi) is 7.29. The number of likely N-dealkylation sites (tertiary alicyclic amines) is 1. The topological polar surface area (TPSA) is 84.8 Å². The maximum atomic E-state index is 10.7. The molecule has 3 aromatic heterocycles. The Morgan fingerprint density at radius 1 is 1.08 bits per heavy atom. The molecule has 9 heteroatoms. The molecular weight excluding hydrogens is 498 g/mol. The van der Waals surface area contributed by atoms with Crippen LogP contribution in [0.2, 0.25) is 0 Å². The Balaban J connectivity index is 0.00000267. The fourth-order valence-electron chi connectivity index (χ4n) is 4.80. The number of aromatic nitrogens is 2. The Hall–Kier alpha value is -2.91. The fourth-order valence-corrected chi connectivity index (χ4v) is 6.04. The van der Waals surface area contributed by atoms with Crippen molar-refractivity contribution >= 4 is 44.8 Å². The molecule has 1 saturated heterocycles. The molecule has 36 heavy (non-hydrogen) atoms. The second-order valence-corrected chi connectivity index (χ2v) is 10.2. The minimum absolute atomic E-state index is 0. The number of nitrogens with zero attached hydrogens (tertiary/aromatic N) is 3. The molecule has 0 aliphatic carbocycles. The number of ether oxygens (including phenoxy) is 1. The van der Waals surface area contributed by atoms with E-state index in [-0.39, 0.29) is 19.0 Å². The molecule has 0 radical (unpaired) electrons. The summed E-state index contributed by atoms with van der Waals surface area (Å²) in [5, 5.41) is 20.7. The summed E-state index contributed by atoms with van der Waals surface area (Å²) in [5.41, 5.74) is 0.672. The lowest BCUT2D eigenvalue weighted by Gasteiger charge is -2.32. The first-order valence-electron chi connectivity index (χ1n) is 12.0. The predicted molar refractivity (Wildman–Crippen MR) is 143 cm³/mol. The Morgan fingerprint density at radius 2 is 1.92 bits per heavy atom. The van der Waals surface area contributed by atoms with Crippen LogP contribution in [0.5, 0.6) is 5.75 Å². The smallest absolute Gasteiger partial charge is 0.283 e. The van der Waals surface area contributed by atoms with Gasteiger partial charge in [-0.1, -0.05) is 24.3 Å². The number of hydrogen-bond donors (Lipinski definition) is 1. The van der Waals surface area contributed by atoms with Crippen molar-refractivity contribution in [1.82, 2.24) is 15.1 Å². The minimum atomic E-state index is -0.573. The van der Waals surface area contributed by atoms with Gasteiger partial charge in [-0.15, -0.1) is 33.9 Å². The van der Waals surface area contributed by atoms with Crippen molar-refractivity contribution in [3.8, 4) is 17.4 Å². The van der Waals surface area contributed by atoms with E-state index in [1.807, 2.05) is 35.6 Å². The number of thiophene rings is 1. The van der Waals surface area contributed by atoms with Crippen molar-refractivity contribution < 1.29 is 18.7 Å². The number of benzene rings is 2. The van der Waals surface area contributed by atoms with Gasteiger partial charge in [0, 0.05) is 29.1 Å². The third-order valence-corrected chi connectivity index (χ3v) is 7.87. The lowest BCUT2D eigenvalue weighted by Crippen LogP contribution is -2.40. The van der Waals surface area contributed by atoms with Gasteiger partial charge >= 0.3 is 0 Å². The van der Waals surface area contributed by atoms with Crippen molar-refractivity contribution in [3.63, 3.8) is 0 Å². The van der Waals surface area contributed by atoms with Crippen LogP contribution in [0, 0.1) is 6.92 Å². The zero-order valence-corrected chi connectivity index (χ0v) is 21.6. The number of aliphatic hydroxyl groups excluding tert-OH is 1. The molecule has 188 valence electrons. The molecule has 7 nitrogen and oxygen atoms in total. The zero-order valence-electron chi connectivity index (χ0n) is 19.9. The van der Waals surface area contributed by atoms with Gasteiger partial charge in [0.25, 0.3) is 5.89 Å². The van der Waals surface area contributed by atoms with E-state index in [2.05, 4.69) is 45.4 Å². The highest BCUT2D eigenvalue weighted by Gasteiger charge is 2.24. The van der Waals surface area contributed by atoms with Crippen LogP contribution in [-0.2, 0) is 0 Å². The molecule has 2 aromatic carbocycles. The van der Waals surface area contributed by atoms with Crippen LogP contribution in [-0.4, -0.2) is 52.5 Å². The molecule has 4 heterocycles. The molecule has 1 atom stereocenters. The molecule has 0 unspecified atom stereocenters. The number of aryl methyl sites for hydroxylation is 1. The van der Waals surface area contributed by atoms with Crippen LogP contribution in [0.1, 0.15) is 29.5 Å². The summed E-state index contributed by atoms with van der Waals surface area (Å²) in [6.07, 6.45) is 1.66. The van der Waals surface area contributed by atoms with Gasteiger partial charge in [0.2, 0.25) is 5.89 Å². The minimum Gasteiger partial charge on any atom is -0.490 e. The number of aliphatic hydroxyl groups is 1. The molecule has 5 aromatic rings. The number of furan rings is 1. The number of hydrogen-bond acceptors (Lipinski definition) is 8. The van der Waals surface area contributed by atoms with E-state index < -0.39 is 6.10 Å². The summed E-state index contributed by atoms with van der Waals surface area (Å²) in [6, 6.07) is 18.4. The average Bonchev–Trinajstić information content (AvgIpc) is 3.60. The normalized spacial score (nSPS) is 15.8. The zero-order chi connectivity index (χ0) is 23.8. The molecule has 1 fully saturated rings. The van der Waals surface area contributed by atoms with Gasteiger partial charge in [0.15, 0.2) is 5.76 Å². The second kappa shape index (κ2) is 10.6. The van der Waals surface area contributed by atoms with Crippen molar-refractivity contribution in [2.24, 2.45) is 0 Å². The van der Waals surface area contributed by atoms with E-state index in [1.54, 1.807) is 6.92 Å². The highest BCUT2D eigenvalue weighted by atomic mass is 35.5. The van der Waals surface area contributed by atoms with Gasteiger partial charge in [0.1, 0.15) is 24.0 Å². The standard InChI is InChI=1S/C27H27N3O4S.ClH/c1-17-28-29-27(33-17)24-14-21-22(6-4-7-23(21)34-24)32-16-20(31)15-30-11-9-18(10-12-30)26-13-19-5-2-3-8-25(19)35-26;/h2-8,13-14,18,20,31H,9-12,15-16H2,1H3;1H/t20-;/m0./s1. The van der Waals surface area contributed by atoms with Gasteiger partial charge < -0.3 is 23.6 Å². The first-order valence-corrected chi connectivity index (χ1v) is 12.8. The highest BCUT2D eigenvalue weighted by molar-refractivity contribution is 7.19. The van der Waals surface area contributed by atoms with E-state index in [1.165, 1.54) is 15.0 Å². The lowest BCUT2D eigenvalue weighted by molar-refractivity contribution is 0.0600. The van der Waals surface area contributed by atoms with Crippen molar-refractivity contribution in [3.05, 3.63) is 65.4 Å². The lowest BCUT2D eigenvalue weighted by atomic mass is 9.95. The van der Waals surface area contributed by atoms with Gasteiger partial charge in [-0.25, -0.2) is 0 Å². The van der Waals surface area contributed by atoms with Gasteiger partial charge in [-0.05, 0) is 61.5 Å². The number of halogens is 1. The summed E-state index contributed by atoms with van der Waals surface area (Å²) < 4.78 is 18.7. The maximum absolute atomic E-state index is 10.7. The van der Waals surface area contributed by atoms with E-state index in [0.29, 0.717) is 41.3 Å². The van der Waals surface area contributed by atoms with Crippen LogP contribution < -0.4 is 4.74 Å². The van der Waals surface area contributed by atoms with Crippen LogP contribution in [0.3, 0.4) is 0 Å². The third kappa shape index (κ3) is 5.13. The monoisotopic (exact) mass is 525 g/mol. The predicted octanol–water partition coefficient (Wildman–Crippen LogP) is 6.05. The van der Waals surface area contributed by atoms with Crippen LogP contribution in [0.15, 0.2) is 63.4 Å². The maximum Gasteiger partial charge on any atom is 0.283 e. The van der Waals surface area contributed by atoms with E-state index >= 15 is 0 Å². The SMILES string of the molecule is Cc1nnc(-c2cc3c(OC[C@@H](O)CN4CCC(c5cc6ccccc6s5)CC4)cccc3o2)o1.Cl. The number of rotatable bonds is 7. The summed E-state index contributed by atoms with van der Waals surface area (Å²) in [6.45, 7) is 4.53. The summed E-state index contributed by atoms with van der Waals surface area (Å²) in [4.78, 5) is 3.82. The molecule has 0 amide bonds. The van der Waals surface area contributed by atoms with Gasteiger partial charge in [-0.2, -0.15) is 0 Å². The molecule has 1 aliphatic heterocycles. The fraction of sp³-hybridized carbons (Fsp3) is 0.333. The second-order valence-electron chi connectivity index (χ2n) is 9.13. The van der Waals surface area contributed by atoms with E-state index in [4.69, 9.17) is 13.6 Å². The van der Waals surface area contributed by atoms with E-state index in [9.17, 15) is 5.11 Å². The molecule has 0 spiro atoms. The summed E-state index contributed by atoms with van der Waals surface area (Å²) in [7, 11) is 0. The Morgan fingerprint density at radius 3 is 2.69 bits per heavy atom. The van der Waals surface area contributed by atoms with Gasteiger partial charge in [0.05, 0.1) is 5.39 Å². The molecule has 1 aliphatic rings.